The molecule has 0 amide bonds. The third kappa shape index (κ3) is 4.26. The number of hydrogen-bond donors (Lipinski definition) is 1. The molecule has 0 fully saturated rings. The van der Waals surface area contributed by atoms with Crippen LogP contribution in [0, 0.1) is 5.92 Å². The van der Waals surface area contributed by atoms with E-state index in [4.69, 9.17) is 9.47 Å². The fourth-order valence-electron chi connectivity index (χ4n) is 1.44. The number of aliphatic hydroxyl groups is 1. The summed E-state index contributed by atoms with van der Waals surface area (Å²) in [5.41, 5.74) is 0.513. The summed E-state index contributed by atoms with van der Waals surface area (Å²) in [7, 11) is 1.52. The summed E-state index contributed by atoms with van der Waals surface area (Å²) in [6.07, 6.45) is -1.05. The Morgan fingerprint density at radius 3 is 2.59 bits per heavy atom. The van der Waals surface area contributed by atoms with Crippen LogP contribution in [-0.2, 0) is 9.47 Å². The molecule has 0 aliphatic rings. The molecule has 1 rings (SSSR count). The van der Waals surface area contributed by atoms with Crippen LogP contribution < -0.4 is 0 Å². The molecule has 0 saturated carbocycles. The lowest BCUT2D eigenvalue weighted by atomic mass is 9.97. The molecular weight excluding hydrogens is 220 g/mol. The van der Waals surface area contributed by atoms with Crippen LogP contribution in [-0.4, -0.2) is 37.5 Å². The van der Waals surface area contributed by atoms with E-state index in [0.717, 1.165) is 0 Å². The molecule has 0 heterocycles. The molecule has 0 saturated heterocycles. The van der Waals surface area contributed by atoms with E-state index in [1.54, 1.807) is 31.2 Å². The molecular formula is C13H18O4. The van der Waals surface area contributed by atoms with Crippen molar-refractivity contribution in [1.82, 2.24) is 0 Å². The highest BCUT2D eigenvalue weighted by Crippen LogP contribution is 2.11. The summed E-state index contributed by atoms with van der Waals surface area (Å²) in [5, 5.41) is 9.87. The average Bonchev–Trinajstić information content (AvgIpc) is 2.38. The first-order valence-corrected chi connectivity index (χ1v) is 5.50. The largest absolute Gasteiger partial charge is 0.385 e. The van der Waals surface area contributed by atoms with Crippen molar-refractivity contribution in [2.45, 2.75) is 13.0 Å². The molecule has 2 atom stereocenters. The van der Waals surface area contributed by atoms with E-state index < -0.39 is 6.10 Å². The first-order valence-electron chi connectivity index (χ1n) is 5.50. The van der Waals surface area contributed by atoms with Crippen LogP contribution in [0.15, 0.2) is 30.3 Å². The summed E-state index contributed by atoms with van der Waals surface area (Å²) in [5.74, 6) is -0.544. The van der Waals surface area contributed by atoms with Gasteiger partial charge >= 0.3 is 0 Å². The Labute approximate surface area is 101 Å². The number of ether oxygens (including phenoxy) is 2. The number of methoxy groups -OCH3 is 1. The first kappa shape index (κ1) is 13.8. The van der Waals surface area contributed by atoms with Gasteiger partial charge < -0.3 is 14.6 Å². The molecule has 4 nitrogen and oxygen atoms in total. The van der Waals surface area contributed by atoms with Crippen LogP contribution >= 0.6 is 0 Å². The zero-order chi connectivity index (χ0) is 12.7. The summed E-state index contributed by atoms with van der Waals surface area (Å²) >= 11 is 0. The minimum atomic E-state index is -1.05. The molecule has 0 bridgehead atoms. The topological polar surface area (TPSA) is 55.8 Å². The molecule has 4 heteroatoms. The van der Waals surface area contributed by atoms with Crippen molar-refractivity contribution < 1.29 is 19.4 Å². The Morgan fingerprint density at radius 2 is 2.00 bits per heavy atom. The van der Waals surface area contributed by atoms with Crippen molar-refractivity contribution in [2.75, 3.05) is 20.5 Å². The summed E-state index contributed by atoms with van der Waals surface area (Å²) in [4.78, 5) is 11.9. The predicted molar refractivity (Wildman–Crippen MR) is 63.8 cm³/mol. The lowest BCUT2D eigenvalue weighted by molar-refractivity contribution is -0.0538. The average molecular weight is 238 g/mol. The van der Waals surface area contributed by atoms with Gasteiger partial charge in [-0.1, -0.05) is 37.3 Å². The van der Waals surface area contributed by atoms with Crippen molar-refractivity contribution in [3.05, 3.63) is 35.9 Å². The van der Waals surface area contributed by atoms with E-state index in [2.05, 4.69) is 0 Å². The smallest absolute Gasteiger partial charge is 0.191 e. The number of carbonyl (C=O) groups excluding carboxylic acids is 1. The quantitative estimate of drug-likeness (QED) is 0.444. The van der Waals surface area contributed by atoms with Gasteiger partial charge in [-0.2, -0.15) is 0 Å². The first-order chi connectivity index (χ1) is 8.16. The zero-order valence-electron chi connectivity index (χ0n) is 10.1. The van der Waals surface area contributed by atoms with Gasteiger partial charge in [-0.15, -0.1) is 0 Å². The molecule has 2 unspecified atom stereocenters. The van der Waals surface area contributed by atoms with E-state index in [9.17, 15) is 9.90 Å². The normalized spacial score (nSPS) is 14.3. The third-order valence-corrected chi connectivity index (χ3v) is 2.45. The van der Waals surface area contributed by atoms with Crippen LogP contribution in [0.2, 0.25) is 0 Å². The summed E-state index contributed by atoms with van der Waals surface area (Å²) in [6.45, 7) is 2.21. The highest BCUT2D eigenvalue weighted by molar-refractivity contribution is 5.99. The molecule has 94 valence electrons. The minimum Gasteiger partial charge on any atom is -0.385 e. The van der Waals surface area contributed by atoms with Crippen molar-refractivity contribution >= 4 is 5.78 Å². The highest BCUT2D eigenvalue weighted by atomic mass is 16.7. The van der Waals surface area contributed by atoms with Crippen LogP contribution in [0.5, 0.6) is 0 Å². The SMILES string of the molecule is COCOCC(C)C(O)C(=O)c1ccccc1. The molecule has 1 aromatic carbocycles. The second-order valence-corrected chi connectivity index (χ2v) is 3.93. The Morgan fingerprint density at radius 1 is 1.35 bits per heavy atom. The van der Waals surface area contributed by atoms with E-state index in [1.165, 1.54) is 7.11 Å². The number of carbonyl (C=O) groups is 1. The highest BCUT2D eigenvalue weighted by Gasteiger charge is 2.23. The second-order valence-electron chi connectivity index (χ2n) is 3.93. The number of hydrogen-bond acceptors (Lipinski definition) is 4. The van der Waals surface area contributed by atoms with Gasteiger partial charge in [0, 0.05) is 18.6 Å². The summed E-state index contributed by atoms with van der Waals surface area (Å²) in [6, 6.07) is 8.74. The number of ketones is 1. The van der Waals surface area contributed by atoms with Gasteiger partial charge in [0.1, 0.15) is 12.9 Å². The zero-order valence-corrected chi connectivity index (χ0v) is 10.1. The van der Waals surface area contributed by atoms with E-state index in [-0.39, 0.29) is 25.1 Å². The van der Waals surface area contributed by atoms with Gasteiger partial charge in [0.15, 0.2) is 5.78 Å². The lowest BCUT2D eigenvalue weighted by Gasteiger charge is -2.17. The van der Waals surface area contributed by atoms with Crippen LogP contribution in [0.4, 0.5) is 0 Å². The summed E-state index contributed by atoms with van der Waals surface area (Å²) < 4.78 is 9.85. The fraction of sp³-hybridized carbons (Fsp3) is 0.462. The maximum atomic E-state index is 11.9. The molecule has 0 aliphatic carbocycles. The van der Waals surface area contributed by atoms with Gasteiger partial charge in [-0.3, -0.25) is 4.79 Å². The third-order valence-electron chi connectivity index (χ3n) is 2.45. The fourth-order valence-corrected chi connectivity index (χ4v) is 1.44. The number of rotatable bonds is 7. The maximum Gasteiger partial charge on any atom is 0.191 e. The molecule has 1 aromatic rings. The van der Waals surface area contributed by atoms with Crippen molar-refractivity contribution in [3.8, 4) is 0 Å². The number of benzene rings is 1. The van der Waals surface area contributed by atoms with Crippen molar-refractivity contribution in [1.29, 1.82) is 0 Å². The number of Topliss-reactive ketones (excluding diaryl/α,β-unsaturated/α-hetero) is 1. The Balaban J connectivity index is 2.51. The van der Waals surface area contributed by atoms with Crippen LogP contribution in [0.1, 0.15) is 17.3 Å². The standard InChI is InChI=1S/C13H18O4/c1-10(8-17-9-16-2)12(14)13(15)11-6-4-3-5-7-11/h3-7,10,12,14H,8-9H2,1-2H3. The maximum absolute atomic E-state index is 11.9. The lowest BCUT2D eigenvalue weighted by Crippen LogP contribution is -2.31. The van der Waals surface area contributed by atoms with Crippen molar-refractivity contribution in [2.24, 2.45) is 5.92 Å². The van der Waals surface area contributed by atoms with Gasteiger partial charge in [0.25, 0.3) is 0 Å². The minimum absolute atomic E-state index is 0.163. The second kappa shape index (κ2) is 7.17. The number of aliphatic hydroxyl groups excluding tert-OH is 1. The van der Waals surface area contributed by atoms with Gasteiger partial charge in [0.2, 0.25) is 0 Å². The van der Waals surface area contributed by atoms with E-state index in [1.807, 2.05) is 6.07 Å². The molecule has 0 spiro atoms. The van der Waals surface area contributed by atoms with Crippen molar-refractivity contribution in [3.63, 3.8) is 0 Å². The van der Waals surface area contributed by atoms with Gasteiger partial charge in [0.05, 0.1) is 6.61 Å². The Kier molecular flexibility index (Phi) is 5.83. The van der Waals surface area contributed by atoms with Gasteiger partial charge in [-0.25, -0.2) is 0 Å². The molecule has 17 heavy (non-hydrogen) atoms. The molecule has 0 aromatic heterocycles. The van der Waals surface area contributed by atoms with Crippen LogP contribution in [0.25, 0.3) is 0 Å². The van der Waals surface area contributed by atoms with E-state index >= 15 is 0 Å². The Hall–Kier alpha value is -1.23. The molecule has 0 radical (unpaired) electrons. The van der Waals surface area contributed by atoms with E-state index in [0.29, 0.717) is 5.56 Å². The predicted octanol–water partition coefficient (Wildman–Crippen LogP) is 1.49. The van der Waals surface area contributed by atoms with Gasteiger partial charge in [-0.05, 0) is 0 Å². The Bertz CT molecular complexity index is 337. The molecule has 1 N–H and O–H groups in total. The van der Waals surface area contributed by atoms with Crippen LogP contribution in [0.3, 0.4) is 0 Å². The molecule has 0 aliphatic heterocycles. The monoisotopic (exact) mass is 238 g/mol.